The lowest BCUT2D eigenvalue weighted by Gasteiger charge is -2.30. The predicted molar refractivity (Wildman–Crippen MR) is 86.2 cm³/mol. The van der Waals surface area contributed by atoms with Crippen molar-refractivity contribution < 1.29 is 0 Å². The Morgan fingerprint density at radius 1 is 1.35 bits per heavy atom. The molecule has 0 amide bonds. The van der Waals surface area contributed by atoms with Crippen LogP contribution in [0.15, 0.2) is 12.3 Å². The molecule has 3 heteroatoms. The SMILES string of the molecule is CCCNCc1cnc(N2C(C)CCC2CC)c(C)c1. The molecule has 2 unspecified atom stereocenters. The van der Waals surface area contributed by atoms with Crippen LogP contribution < -0.4 is 10.2 Å². The highest BCUT2D eigenvalue weighted by Gasteiger charge is 2.31. The fraction of sp³-hybridized carbons (Fsp3) is 0.706. The molecule has 1 aliphatic heterocycles. The van der Waals surface area contributed by atoms with Crippen molar-refractivity contribution >= 4 is 5.82 Å². The van der Waals surface area contributed by atoms with Gasteiger partial charge in [0.15, 0.2) is 0 Å². The molecule has 0 aliphatic carbocycles. The van der Waals surface area contributed by atoms with Crippen LogP contribution in [0.1, 0.15) is 57.6 Å². The molecule has 2 rings (SSSR count). The van der Waals surface area contributed by atoms with Gasteiger partial charge in [-0.05, 0) is 63.3 Å². The highest BCUT2D eigenvalue weighted by molar-refractivity contribution is 5.50. The summed E-state index contributed by atoms with van der Waals surface area (Å²) in [7, 11) is 0. The molecule has 0 radical (unpaired) electrons. The molecule has 1 fully saturated rings. The molecule has 3 nitrogen and oxygen atoms in total. The average Bonchev–Trinajstić information content (AvgIpc) is 2.80. The first-order valence-electron chi connectivity index (χ1n) is 8.11. The van der Waals surface area contributed by atoms with E-state index >= 15 is 0 Å². The highest BCUT2D eigenvalue weighted by Crippen LogP contribution is 2.32. The van der Waals surface area contributed by atoms with Crippen molar-refractivity contribution in [3.8, 4) is 0 Å². The normalized spacial score (nSPS) is 22.5. The van der Waals surface area contributed by atoms with Gasteiger partial charge in [-0.25, -0.2) is 4.98 Å². The molecular weight excluding hydrogens is 246 g/mol. The molecule has 1 N–H and O–H groups in total. The molecule has 2 atom stereocenters. The van der Waals surface area contributed by atoms with Crippen molar-refractivity contribution in [3.05, 3.63) is 23.4 Å². The summed E-state index contributed by atoms with van der Waals surface area (Å²) >= 11 is 0. The number of nitrogens with zero attached hydrogens (tertiary/aromatic N) is 2. The van der Waals surface area contributed by atoms with Crippen molar-refractivity contribution in [3.63, 3.8) is 0 Å². The van der Waals surface area contributed by atoms with E-state index in [1.807, 2.05) is 6.20 Å². The summed E-state index contributed by atoms with van der Waals surface area (Å²) in [5.41, 5.74) is 2.60. The van der Waals surface area contributed by atoms with E-state index in [0.29, 0.717) is 12.1 Å². The van der Waals surface area contributed by atoms with Crippen molar-refractivity contribution in [2.45, 2.75) is 72.0 Å². The molecule has 1 aromatic heterocycles. The summed E-state index contributed by atoms with van der Waals surface area (Å²) in [5.74, 6) is 1.20. The lowest BCUT2D eigenvalue weighted by atomic mass is 10.1. The Morgan fingerprint density at radius 3 is 2.80 bits per heavy atom. The third kappa shape index (κ3) is 3.32. The molecule has 0 bridgehead atoms. The third-order valence-corrected chi connectivity index (χ3v) is 4.36. The van der Waals surface area contributed by atoms with Crippen LogP contribution in [0.3, 0.4) is 0 Å². The van der Waals surface area contributed by atoms with Crippen molar-refractivity contribution in [2.75, 3.05) is 11.4 Å². The topological polar surface area (TPSA) is 28.2 Å². The number of hydrogen-bond donors (Lipinski definition) is 1. The number of rotatable bonds is 6. The van der Waals surface area contributed by atoms with E-state index in [-0.39, 0.29) is 0 Å². The molecule has 0 saturated carbocycles. The molecule has 1 aromatic rings. The Hall–Kier alpha value is -1.09. The Morgan fingerprint density at radius 2 is 2.15 bits per heavy atom. The van der Waals surface area contributed by atoms with E-state index in [1.165, 1.54) is 42.6 Å². The number of hydrogen-bond acceptors (Lipinski definition) is 3. The van der Waals surface area contributed by atoms with E-state index < -0.39 is 0 Å². The number of aryl methyl sites for hydroxylation is 1. The van der Waals surface area contributed by atoms with Crippen molar-refractivity contribution in [1.29, 1.82) is 0 Å². The maximum absolute atomic E-state index is 4.77. The highest BCUT2D eigenvalue weighted by atomic mass is 15.3. The largest absolute Gasteiger partial charge is 0.351 e. The van der Waals surface area contributed by atoms with Gasteiger partial charge in [0.05, 0.1) is 0 Å². The van der Waals surface area contributed by atoms with Gasteiger partial charge in [-0.3, -0.25) is 0 Å². The molecule has 112 valence electrons. The molecule has 1 saturated heterocycles. The van der Waals surface area contributed by atoms with Crippen LogP contribution in [0.25, 0.3) is 0 Å². The molecular formula is C17H29N3. The molecule has 0 aromatic carbocycles. The first-order chi connectivity index (χ1) is 9.67. The van der Waals surface area contributed by atoms with Gasteiger partial charge in [-0.1, -0.05) is 13.8 Å². The molecule has 2 heterocycles. The second-order valence-electron chi connectivity index (χ2n) is 6.06. The second-order valence-corrected chi connectivity index (χ2v) is 6.06. The molecule has 20 heavy (non-hydrogen) atoms. The smallest absolute Gasteiger partial charge is 0.131 e. The van der Waals surface area contributed by atoms with Gasteiger partial charge in [-0.2, -0.15) is 0 Å². The van der Waals surface area contributed by atoms with E-state index in [4.69, 9.17) is 4.98 Å². The van der Waals surface area contributed by atoms with E-state index in [0.717, 1.165) is 13.1 Å². The minimum atomic E-state index is 0.621. The van der Waals surface area contributed by atoms with Crippen molar-refractivity contribution in [1.82, 2.24) is 10.3 Å². The van der Waals surface area contributed by atoms with Gasteiger partial charge < -0.3 is 10.2 Å². The van der Waals surface area contributed by atoms with Crippen LogP contribution in [0.4, 0.5) is 5.82 Å². The van der Waals surface area contributed by atoms with Crippen LogP contribution in [0, 0.1) is 6.92 Å². The van der Waals surface area contributed by atoms with Crippen LogP contribution >= 0.6 is 0 Å². The maximum atomic E-state index is 4.77. The van der Waals surface area contributed by atoms with Crippen LogP contribution in [0.2, 0.25) is 0 Å². The van der Waals surface area contributed by atoms with Crippen LogP contribution in [-0.2, 0) is 6.54 Å². The zero-order valence-corrected chi connectivity index (χ0v) is 13.4. The summed E-state index contributed by atoms with van der Waals surface area (Å²) in [6.45, 7) is 11.0. The quantitative estimate of drug-likeness (QED) is 0.803. The minimum absolute atomic E-state index is 0.621. The third-order valence-electron chi connectivity index (χ3n) is 4.36. The summed E-state index contributed by atoms with van der Waals surface area (Å²) < 4.78 is 0. The first kappa shape index (κ1) is 15.3. The van der Waals surface area contributed by atoms with Gasteiger partial charge in [0, 0.05) is 24.8 Å². The standard InChI is InChI=1S/C17H29N3/c1-5-9-18-11-15-10-13(3)17(19-12-15)20-14(4)7-8-16(20)6-2/h10,12,14,16,18H,5-9,11H2,1-4H3. The van der Waals surface area contributed by atoms with E-state index in [9.17, 15) is 0 Å². The van der Waals surface area contributed by atoms with Gasteiger partial charge in [0.2, 0.25) is 0 Å². The van der Waals surface area contributed by atoms with Gasteiger partial charge >= 0.3 is 0 Å². The number of pyridine rings is 1. The second kappa shape index (κ2) is 7.07. The fourth-order valence-electron chi connectivity index (χ4n) is 3.26. The Kier molecular flexibility index (Phi) is 5.41. The monoisotopic (exact) mass is 275 g/mol. The van der Waals surface area contributed by atoms with Gasteiger partial charge in [0.25, 0.3) is 0 Å². The minimum Gasteiger partial charge on any atom is -0.351 e. The summed E-state index contributed by atoms with van der Waals surface area (Å²) in [4.78, 5) is 7.31. The number of anilines is 1. The van der Waals surface area contributed by atoms with Crippen LogP contribution in [-0.4, -0.2) is 23.6 Å². The number of aromatic nitrogens is 1. The number of nitrogens with one attached hydrogen (secondary N) is 1. The Labute approximate surface area is 123 Å². The zero-order chi connectivity index (χ0) is 14.5. The van der Waals surface area contributed by atoms with Gasteiger partial charge in [0.1, 0.15) is 5.82 Å². The van der Waals surface area contributed by atoms with Crippen LogP contribution in [0.5, 0.6) is 0 Å². The van der Waals surface area contributed by atoms with Gasteiger partial charge in [-0.15, -0.1) is 0 Å². The molecule has 1 aliphatic rings. The maximum Gasteiger partial charge on any atom is 0.131 e. The zero-order valence-electron chi connectivity index (χ0n) is 13.4. The fourth-order valence-corrected chi connectivity index (χ4v) is 3.26. The lowest BCUT2D eigenvalue weighted by molar-refractivity contribution is 0.618. The van der Waals surface area contributed by atoms with E-state index in [2.05, 4.69) is 44.0 Å². The molecule has 0 spiro atoms. The average molecular weight is 275 g/mol. The van der Waals surface area contributed by atoms with E-state index in [1.54, 1.807) is 0 Å². The predicted octanol–water partition coefficient (Wildman–Crippen LogP) is 3.66. The summed E-state index contributed by atoms with van der Waals surface area (Å²) in [5, 5.41) is 3.44. The lowest BCUT2D eigenvalue weighted by Crippen LogP contribution is -2.35. The Bertz CT molecular complexity index is 430. The summed E-state index contributed by atoms with van der Waals surface area (Å²) in [6, 6.07) is 3.58. The van der Waals surface area contributed by atoms with Crippen molar-refractivity contribution in [2.24, 2.45) is 0 Å². The first-order valence-corrected chi connectivity index (χ1v) is 8.11. The summed E-state index contributed by atoms with van der Waals surface area (Å²) in [6.07, 6.45) is 7.03. The Balaban J connectivity index is 2.12.